The molecule has 0 radical (unpaired) electrons. The number of anilines is 1. The minimum Gasteiger partial charge on any atom is -0.388 e. The van der Waals surface area contributed by atoms with Crippen LogP contribution >= 0.6 is 11.6 Å². The number of ether oxygens (including phenoxy) is 1. The predicted octanol–water partition coefficient (Wildman–Crippen LogP) is 4.19. The molecule has 2 fully saturated rings. The number of hydrogen-bond donors (Lipinski definition) is 3. The van der Waals surface area contributed by atoms with E-state index in [4.69, 9.17) is 16.3 Å². The molecule has 34 heavy (non-hydrogen) atoms. The van der Waals surface area contributed by atoms with Crippen LogP contribution in [0.2, 0.25) is 5.02 Å². The third kappa shape index (κ3) is 4.04. The highest BCUT2D eigenvalue weighted by molar-refractivity contribution is 6.33. The Kier molecular flexibility index (Phi) is 5.79. The number of fused-ring (bicyclic) bond motifs is 3. The lowest BCUT2D eigenvalue weighted by Crippen LogP contribution is -2.47. The van der Waals surface area contributed by atoms with Gasteiger partial charge in [-0.05, 0) is 59.1 Å². The van der Waals surface area contributed by atoms with E-state index in [2.05, 4.69) is 20.3 Å². The number of aromatic nitrogens is 4. The summed E-state index contributed by atoms with van der Waals surface area (Å²) in [5.74, 6) is 0.158. The smallest absolute Gasteiger partial charge is 0.223 e. The molecule has 10 heteroatoms. The zero-order valence-electron chi connectivity index (χ0n) is 19.6. The number of nitrogens with zero attached hydrogens (tertiary/aromatic N) is 4. The highest BCUT2D eigenvalue weighted by atomic mass is 35.5. The monoisotopic (exact) mass is 489 g/mol. The second-order valence-corrected chi connectivity index (χ2v) is 10.4. The Morgan fingerprint density at radius 1 is 1.26 bits per heavy atom. The molecule has 0 unspecified atom stereocenters. The van der Waals surface area contributed by atoms with Crippen LogP contribution in [0.3, 0.4) is 0 Å². The van der Waals surface area contributed by atoms with Gasteiger partial charge in [0, 0.05) is 11.6 Å². The quantitative estimate of drug-likeness (QED) is 0.493. The Morgan fingerprint density at radius 2 is 2.03 bits per heavy atom. The number of rotatable bonds is 5. The molecule has 3 aromatic rings. The first-order valence-electron chi connectivity index (χ1n) is 11.6. The van der Waals surface area contributed by atoms with Gasteiger partial charge in [0.25, 0.3) is 0 Å². The lowest BCUT2D eigenvalue weighted by molar-refractivity contribution is -0.0811. The lowest BCUT2D eigenvalue weighted by Gasteiger charge is -2.33. The SMILES string of the molecule is CC(C)n1c(C(C)(C)O)nc2c(F)cc(-c3nc(N[C@@H]4C[C@@H]5CC[C@@H](O5)[C@H]4O)ncc3Cl)cc21. The fourth-order valence-electron chi connectivity index (χ4n) is 5.03. The highest BCUT2D eigenvalue weighted by Crippen LogP contribution is 2.36. The molecule has 0 spiro atoms. The third-order valence-corrected chi connectivity index (χ3v) is 6.87. The van der Waals surface area contributed by atoms with Gasteiger partial charge in [0.05, 0.1) is 40.7 Å². The molecule has 182 valence electrons. The van der Waals surface area contributed by atoms with Crippen molar-refractivity contribution in [3.8, 4) is 11.3 Å². The van der Waals surface area contributed by atoms with Crippen molar-refractivity contribution in [2.45, 2.75) is 83.0 Å². The third-order valence-electron chi connectivity index (χ3n) is 6.59. The van der Waals surface area contributed by atoms with Crippen LogP contribution in [0.1, 0.15) is 58.8 Å². The van der Waals surface area contributed by atoms with E-state index >= 15 is 4.39 Å². The first-order valence-corrected chi connectivity index (χ1v) is 12.0. The second-order valence-electron chi connectivity index (χ2n) is 10.0. The van der Waals surface area contributed by atoms with E-state index in [0.717, 1.165) is 12.8 Å². The van der Waals surface area contributed by atoms with E-state index in [0.29, 0.717) is 35.0 Å². The maximum Gasteiger partial charge on any atom is 0.223 e. The Bertz CT molecular complexity index is 1240. The fraction of sp³-hybridized carbons (Fsp3) is 0.542. The van der Waals surface area contributed by atoms with Crippen molar-refractivity contribution >= 4 is 28.6 Å². The summed E-state index contributed by atoms with van der Waals surface area (Å²) in [5, 5.41) is 24.7. The summed E-state index contributed by atoms with van der Waals surface area (Å²) in [6.45, 7) is 7.16. The number of halogens is 2. The van der Waals surface area contributed by atoms with Crippen molar-refractivity contribution in [1.29, 1.82) is 0 Å². The van der Waals surface area contributed by atoms with Crippen molar-refractivity contribution in [2.75, 3.05) is 5.32 Å². The number of nitrogens with one attached hydrogen (secondary N) is 1. The van der Waals surface area contributed by atoms with Crippen molar-refractivity contribution in [3.63, 3.8) is 0 Å². The van der Waals surface area contributed by atoms with Gasteiger partial charge in [-0.15, -0.1) is 0 Å². The van der Waals surface area contributed by atoms with Gasteiger partial charge in [0.1, 0.15) is 23.0 Å². The fourth-order valence-corrected chi connectivity index (χ4v) is 5.23. The van der Waals surface area contributed by atoms with Gasteiger partial charge in [-0.25, -0.2) is 19.3 Å². The number of hydrogen-bond acceptors (Lipinski definition) is 7. The van der Waals surface area contributed by atoms with Gasteiger partial charge in [-0.1, -0.05) is 11.6 Å². The van der Waals surface area contributed by atoms with E-state index in [1.165, 1.54) is 12.3 Å². The molecule has 2 aliphatic heterocycles. The molecule has 8 nitrogen and oxygen atoms in total. The molecule has 5 rings (SSSR count). The summed E-state index contributed by atoms with van der Waals surface area (Å²) < 4.78 is 22.8. The first kappa shape index (κ1) is 23.4. The average molecular weight is 490 g/mol. The van der Waals surface area contributed by atoms with Gasteiger partial charge < -0.3 is 24.8 Å². The van der Waals surface area contributed by atoms with Crippen LogP contribution in [-0.4, -0.2) is 54.1 Å². The summed E-state index contributed by atoms with van der Waals surface area (Å²) in [6.07, 6.45) is 3.19. The molecule has 2 bridgehead atoms. The van der Waals surface area contributed by atoms with Crippen LogP contribution in [0.25, 0.3) is 22.3 Å². The maximum atomic E-state index is 15.2. The van der Waals surface area contributed by atoms with E-state index < -0.39 is 17.5 Å². The maximum absolute atomic E-state index is 15.2. The van der Waals surface area contributed by atoms with Gasteiger partial charge in [0.15, 0.2) is 5.82 Å². The molecule has 4 atom stereocenters. The minimum absolute atomic E-state index is 0.0652. The molecule has 0 saturated carbocycles. The van der Waals surface area contributed by atoms with Crippen molar-refractivity contribution in [2.24, 2.45) is 0 Å². The van der Waals surface area contributed by atoms with E-state index in [1.54, 1.807) is 19.9 Å². The Labute approximate surface area is 202 Å². The van der Waals surface area contributed by atoms with Crippen LogP contribution in [0, 0.1) is 5.82 Å². The number of aliphatic hydroxyl groups excluding tert-OH is 1. The summed E-state index contributed by atoms with van der Waals surface area (Å²) >= 11 is 6.44. The van der Waals surface area contributed by atoms with Crippen LogP contribution in [0.15, 0.2) is 18.3 Å². The highest BCUT2D eigenvalue weighted by Gasteiger charge is 2.42. The molecular formula is C24H29ClFN5O3. The normalized spacial score (nSPS) is 24.9. The zero-order chi connectivity index (χ0) is 24.4. The lowest BCUT2D eigenvalue weighted by atomic mass is 10.0. The van der Waals surface area contributed by atoms with Crippen molar-refractivity contribution < 1.29 is 19.3 Å². The molecule has 3 N–H and O–H groups in total. The van der Waals surface area contributed by atoms with Crippen LogP contribution in [0.4, 0.5) is 10.3 Å². The summed E-state index contributed by atoms with van der Waals surface area (Å²) in [7, 11) is 0. The van der Waals surface area contributed by atoms with E-state index in [9.17, 15) is 10.2 Å². The molecule has 1 aromatic carbocycles. The molecule has 2 aromatic heterocycles. The minimum atomic E-state index is -1.25. The Morgan fingerprint density at radius 3 is 2.74 bits per heavy atom. The molecule has 0 amide bonds. The first-order chi connectivity index (χ1) is 16.0. The standard InChI is InChI=1S/C24H29ClFN5O3/c1-11(2)31-17-8-12(7-15(26)20(17)29-22(31)24(3,4)33)19-14(25)10-27-23(30-19)28-16-9-13-5-6-18(34-13)21(16)32/h7-8,10-11,13,16,18,21,32-33H,5-6,9H2,1-4H3,(H,27,28,30)/t13-,16+,18+,21-/m0/s1. The molecule has 4 heterocycles. The molecule has 2 aliphatic rings. The van der Waals surface area contributed by atoms with E-state index in [1.807, 2.05) is 18.4 Å². The van der Waals surface area contributed by atoms with Crippen molar-refractivity contribution in [3.05, 3.63) is 35.0 Å². The topological polar surface area (TPSA) is 105 Å². The van der Waals surface area contributed by atoms with Crippen LogP contribution in [-0.2, 0) is 10.3 Å². The van der Waals surface area contributed by atoms with Crippen LogP contribution < -0.4 is 5.32 Å². The van der Waals surface area contributed by atoms with Crippen LogP contribution in [0.5, 0.6) is 0 Å². The van der Waals surface area contributed by atoms with Gasteiger partial charge in [0.2, 0.25) is 5.95 Å². The van der Waals surface area contributed by atoms with Gasteiger partial charge in [-0.2, -0.15) is 0 Å². The van der Waals surface area contributed by atoms with Gasteiger partial charge in [-0.3, -0.25) is 0 Å². The Hall–Kier alpha value is -2.33. The molecule has 2 saturated heterocycles. The summed E-state index contributed by atoms with van der Waals surface area (Å²) in [5.41, 5.74) is 0.313. The molecule has 0 aliphatic carbocycles. The summed E-state index contributed by atoms with van der Waals surface area (Å²) in [6, 6.07) is 2.82. The number of benzene rings is 1. The second kappa shape index (κ2) is 8.41. The number of aliphatic hydroxyl groups is 2. The molecular weight excluding hydrogens is 461 g/mol. The van der Waals surface area contributed by atoms with Crippen molar-refractivity contribution in [1.82, 2.24) is 19.5 Å². The summed E-state index contributed by atoms with van der Waals surface area (Å²) in [4.78, 5) is 13.3. The Balaban J connectivity index is 1.55. The van der Waals surface area contributed by atoms with Gasteiger partial charge >= 0.3 is 0 Å². The zero-order valence-corrected chi connectivity index (χ0v) is 20.3. The predicted molar refractivity (Wildman–Crippen MR) is 127 cm³/mol. The van der Waals surface area contributed by atoms with E-state index in [-0.39, 0.29) is 34.8 Å². The number of imidazole rings is 1. The average Bonchev–Trinajstić information content (AvgIpc) is 3.35. The largest absolute Gasteiger partial charge is 0.388 e.